The first-order valence-electron chi connectivity index (χ1n) is 7.00. The number of halogens is 1. The Kier molecular flexibility index (Phi) is 3.45. The van der Waals surface area contributed by atoms with Gasteiger partial charge in [0.15, 0.2) is 0 Å². The molecule has 0 spiro atoms. The first kappa shape index (κ1) is 13.7. The molecule has 1 fully saturated rings. The molecule has 0 aliphatic heterocycles. The molecule has 1 heterocycles. The van der Waals surface area contributed by atoms with Crippen molar-refractivity contribution < 1.29 is 9.18 Å². The second-order valence-corrected chi connectivity index (χ2v) is 5.54. The van der Waals surface area contributed by atoms with Gasteiger partial charge in [-0.25, -0.2) is 9.37 Å². The number of carbonyl (C=O) groups excluding carboxylic acids is 1. The number of nitrogens with zero attached hydrogens (tertiary/aromatic N) is 2. The third-order valence-electron chi connectivity index (χ3n) is 3.62. The standard InChI is InChI=1S/C15H17FN4O/c1-8-5-10(6-9(2)12(8)16)7-17-15(21)14-18-13(19-20-14)11-3-4-11/h5-6,11H,3-4,7H2,1-2H3,(H,17,21)(H,18,19,20). The molecule has 110 valence electrons. The highest BCUT2D eigenvalue weighted by molar-refractivity contribution is 5.90. The third kappa shape index (κ3) is 2.94. The lowest BCUT2D eigenvalue weighted by molar-refractivity contribution is 0.0941. The van der Waals surface area contributed by atoms with Crippen LogP contribution >= 0.6 is 0 Å². The fourth-order valence-electron chi connectivity index (χ4n) is 2.31. The zero-order valence-electron chi connectivity index (χ0n) is 12.0. The first-order valence-corrected chi connectivity index (χ1v) is 7.00. The van der Waals surface area contributed by atoms with Crippen LogP contribution in [0.15, 0.2) is 12.1 Å². The van der Waals surface area contributed by atoms with Crippen molar-refractivity contribution in [3.63, 3.8) is 0 Å². The van der Waals surface area contributed by atoms with E-state index in [4.69, 9.17) is 0 Å². The number of benzene rings is 1. The maximum absolute atomic E-state index is 13.5. The summed E-state index contributed by atoms with van der Waals surface area (Å²) >= 11 is 0. The van der Waals surface area contributed by atoms with Gasteiger partial charge in [0, 0.05) is 12.5 Å². The van der Waals surface area contributed by atoms with Gasteiger partial charge < -0.3 is 5.32 Å². The molecule has 1 saturated carbocycles. The molecule has 3 rings (SSSR count). The van der Waals surface area contributed by atoms with E-state index >= 15 is 0 Å². The average molecular weight is 288 g/mol. The second kappa shape index (κ2) is 5.27. The molecule has 1 amide bonds. The van der Waals surface area contributed by atoms with Crippen LogP contribution in [0.3, 0.4) is 0 Å². The van der Waals surface area contributed by atoms with E-state index in [9.17, 15) is 9.18 Å². The number of hydrogen-bond acceptors (Lipinski definition) is 3. The summed E-state index contributed by atoms with van der Waals surface area (Å²) in [5.74, 6) is 0.855. The molecule has 0 radical (unpaired) electrons. The van der Waals surface area contributed by atoms with Crippen LogP contribution in [0.25, 0.3) is 0 Å². The molecule has 0 bridgehead atoms. The van der Waals surface area contributed by atoms with Crippen molar-refractivity contribution in [1.82, 2.24) is 20.5 Å². The summed E-state index contributed by atoms with van der Waals surface area (Å²) in [6.07, 6.45) is 2.20. The van der Waals surface area contributed by atoms with E-state index in [2.05, 4.69) is 20.5 Å². The average Bonchev–Trinajstić information content (AvgIpc) is 3.19. The topological polar surface area (TPSA) is 70.7 Å². The van der Waals surface area contributed by atoms with Crippen LogP contribution in [0, 0.1) is 19.7 Å². The second-order valence-electron chi connectivity index (χ2n) is 5.54. The molecule has 1 aliphatic carbocycles. The molecular formula is C15H17FN4O. The van der Waals surface area contributed by atoms with Crippen molar-refractivity contribution in [2.45, 2.75) is 39.2 Å². The highest BCUT2D eigenvalue weighted by Gasteiger charge is 2.28. The summed E-state index contributed by atoms with van der Waals surface area (Å²) in [6, 6.07) is 3.46. The SMILES string of the molecule is Cc1cc(CNC(=O)c2n[nH]c(C3CC3)n2)cc(C)c1F. The number of hydrogen-bond donors (Lipinski definition) is 2. The lowest BCUT2D eigenvalue weighted by Gasteiger charge is -2.07. The molecule has 2 aromatic rings. The van der Waals surface area contributed by atoms with Gasteiger partial charge in [-0.05, 0) is 43.4 Å². The fourth-order valence-corrected chi connectivity index (χ4v) is 2.31. The lowest BCUT2D eigenvalue weighted by Crippen LogP contribution is -2.24. The lowest BCUT2D eigenvalue weighted by atomic mass is 10.1. The summed E-state index contributed by atoms with van der Waals surface area (Å²) in [4.78, 5) is 16.2. The Morgan fingerprint density at radius 1 is 1.38 bits per heavy atom. The monoisotopic (exact) mass is 288 g/mol. The minimum absolute atomic E-state index is 0.160. The zero-order valence-corrected chi connectivity index (χ0v) is 12.0. The minimum atomic E-state index is -0.321. The van der Waals surface area contributed by atoms with Gasteiger partial charge >= 0.3 is 0 Å². The van der Waals surface area contributed by atoms with Crippen LogP contribution in [0.1, 0.15) is 51.9 Å². The molecule has 21 heavy (non-hydrogen) atoms. The Balaban J connectivity index is 1.65. The number of amides is 1. The Hall–Kier alpha value is -2.24. The maximum Gasteiger partial charge on any atom is 0.291 e. The van der Waals surface area contributed by atoms with Gasteiger partial charge in [0.2, 0.25) is 5.82 Å². The van der Waals surface area contributed by atoms with E-state index < -0.39 is 0 Å². The number of aromatic nitrogens is 3. The normalized spacial score (nSPS) is 14.2. The Labute approximate surface area is 122 Å². The van der Waals surface area contributed by atoms with Crippen LogP contribution in [0.5, 0.6) is 0 Å². The summed E-state index contributed by atoms with van der Waals surface area (Å²) < 4.78 is 13.5. The number of aryl methyl sites for hydroxylation is 2. The van der Waals surface area contributed by atoms with Gasteiger partial charge in [-0.2, -0.15) is 0 Å². The number of nitrogens with one attached hydrogen (secondary N) is 2. The molecule has 2 N–H and O–H groups in total. The predicted molar refractivity (Wildman–Crippen MR) is 75.4 cm³/mol. The zero-order chi connectivity index (χ0) is 15.0. The molecule has 5 nitrogen and oxygen atoms in total. The highest BCUT2D eigenvalue weighted by atomic mass is 19.1. The number of H-pyrrole nitrogens is 1. The number of rotatable bonds is 4. The summed E-state index contributed by atoms with van der Waals surface area (Å²) in [7, 11) is 0. The number of carbonyl (C=O) groups is 1. The van der Waals surface area contributed by atoms with E-state index in [0.717, 1.165) is 24.2 Å². The van der Waals surface area contributed by atoms with Gasteiger partial charge in [0.1, 0.15) is 11.6 Å². The molecule has 1 aromatic heterocycles. The van der Waals surface area contributed by atoms with Crippen LogP contribution in [0.2, 0.25) is 0 Å². The van der Waals surface area contributed by atoms with Crippen molar-refractivity contribution in [1.29, 1.82) is 0 Å². The molecule has 1 aliphatic rings. The molecular weight excluding hydrogens is 271 g/mol. The van der Waals surface area contributed by atoms with E-state index in [-0.39, 0.29) is 17.5 Å². The van der Waals surface area contributed by atoms with E-state index in [1.54, 1.807) is 26.0 Å². The van der Waals surface area contributed by atoms with Crippen molar-refractivity contribution in [2.75, 3.05) is 0 Å². The molecule has 6 heteroatoms. The molecule has 0 saturated heterocycles. The first-order chi connectivity index (χ1) is 10.0. The van der Waals surface area contributed by atoms with Gasteiger partial charge in [-0.1, -0.05) is 12.1 Å². The predicted octanol–water partition coefficient (Wildman–Crippen LogP) is 2.37. The van der Waals surface area contributed by atoms with Gasteiger partial charge in [-0.15, -0.1) is 5.10 Å². The van der Waals surface area contributed by atoms with Crippen molar-refractivity contribution in [3.8, 4) is 0 Å². The quantitative estimate of drug-likeness (QED) is 0.907. The molecule has 1 aromatic carbocycles. The Morgan fingerprint density at radius 2 is 2.05 bits per heavy atom. The smallest absolute Gasteiger partial charge is 0.291 e. The third-order valence-corrected chi connectivity index (χ3v) is 3.62. The number of aromatic amines is 1. The Bertz CT molecular complexity index is 668. The van der Waals surface area contributed by atoms with E-state index in [1.807, 2.05) is 0 Å². The van der Waals surface area contributed by atoms with Crippen molar-refractivity contribution >= 4 is 5.91 Å². The fraction of sp³-hybridized carbons (Fsp3) is 0.400. The summed E-state index contributed by atoms with van der Waals surface area (Å²) in [6.45, 7) is 3.75. The van der Waals surface area contributed by atoms with Crippen LogP contribution in [0.4, 0.5) is 4.39 Å². The van der Waals surface area contributed by atoms with Crippen LogP contribution < -0.4 is 5.32 Å². The summed E-state index contributed by atoms with van der Waals surface area (Å²) in [5.41, 5.74) is 2.01. The Morgan fingerprint density at radius 3 is 2.67 bits per heavy atom. The van der Waals surface area contributed by atoms with Crippen LogP contribution in [-0.2, 0) is 6.54 Å². The van der Waals surface area contributed by atoms with Gasteiger partial charge in [-0.3, -0.25) is 9.89 Å². The minimum Gasteiger partial charge on any atom is -0.345 e. The molecule has 0 atom stereocenters. The van der Waals surface area contributed by atoms with Gasteiger partial charge in [0.05, 0.1) is 0 Å². The molecule has 0 unspecified atom stereocenters. The maximum atomic E-state index is 13.5. The highest BCUT2D eigenvalue weighted by Crippen LogP contribution is 2.37. The van der Waals surface area contributed by atoms with Crippen LogP contribution in [-0.4, -0.2) is 21.1 Å². The van der Waals surface area contributed by atoms with E-state index in [0.29, 0.717) is 23.6 Å². The van der Waals surface area contributed by atoms with Gasteiger partial charge in [0.25, 0.3) is 5.91 Å². The van der Waals surface area contributed by atoms with Crippen molar-refractivity contribution in [3.05, 3.63) is 46.3 Å². The largest absolute Gasteiger partial charge is 0.345 e. The van der Waals surface area contributed by atoms with Crippen molar-refractivity contribution in [2.24, 2.45) is 0 Å². The summed E-state index contributed by atoms with van der Waals surface area (Å²) in [5, 5.41) is 9.49. The van der Waals surface area contributed by atoms with E-state index in [1.165, 1.54) is 0 Å².